The normalized spacial score (nSPS) is 21.3. The molecule has 0 bridgehead atoms. The number of nitrogens with one attached hydrogen (secondary N) is 2. The average Bonchev–Trinajstić information content (AvgIpc) is 2.84. The van der Waals surface area contributed by atoms with E-state index in [4.69, 9.17) is 0 Å². The molecule has 1 fully saturated rings. The van der Waals surface area contributed by atoms with Crippen LogP contribution >= 0.6 is 15.9 Å². The second kappa shape index (κ2) is 10.4. The molecule has 0 radical (unpaired) electrons. The summed E-state index contributed by atoms with van der Waals surface area (Å²) in [6.07, 6.45) is 1.70. The molecule has 186 valence electrons. The van der Waals surface area contributed by atoms with E-state index in [9.17, 15) is 9.59 Å². The number of hydrogen-bond donors (Lipinski definition) is 2. The second-order valence-electron chi connectivity index (χ2n) is 9.93. The fourth-order valence-corrected chi connectivity index (χ4v) is 5.40. The highest BCUT2D eigenvalue weighted by Gasteiger charge is 2.46. The Labute approximate surface area is 220 Å². The van der Waals surface area contributed by atoms with E-state index >= 15 is 0 Å². The van der Waals surface area contributed by atoms with Crippen LogP contribution in [-0.4, -0.2) is 47.4 Å². The van der Waals surface area contributed by atoms with Crippen molar-refractivity contribution in [2.45, 2.75) is 38.4 Å². The van der Waals surface area contributed by atoms with Gasteiger partial charge in [-0.15, -0.1) is 0 Å². The van der Waals surface area contributed by atoms with Crippen LogP contribution in [-0.2, 0) is 24.2 Å². The molecule has 0 aromatic heterocycles. The van der Waals surface area contributed by atoms with Gasteiger partial charge >= 0.3 is 6.03 Å². The molecule has 0 saturated carbocycles. The Morgan fingerprint density at radius 3 is 2.42 bits per heavy atom. The van der Waals surface area contributed by atoms with E-state index in [1.54, 1.807) is 4.90 Å². The first-order valence-corrected chi connectivity index (χ1v) is 13.2. The van der Waals surface area contributed by atoms with E-state index in [-0.39, 0.29) is 17.9 Å². The summed E-state index contributed by atoms with van der Waals surface area (Å²) in [5.41, 5.74) is 5.23. The molecule has 7 heteroatoms. The van der Waals surface area contributed by atoms with Gasteiger partial charge in [0.2, 0.25) is 5.91 Å². The third-order valence-electron chi connectivity index (χ3n) is 7.34. The number of amides is 3. The highest BCUT2D eigenvalue weighted by Crippen LogP contribution is 2.31. The Balaban J connectivity index is 1.32. The van der Waals surface area contributed by atoms with Crippen LogP contribution in [0.3, 0.4) is 0 Å². The quantitative estimate of drug-likeness (QED) is 0.441. The second-order valence-corrected chi connectivity index (χ2v) is 10.8. The van der Waals surface area contributed by atoms with Gasteiger partial charge in [-0.05, 0) is 79.9 Å². The fourth-order valence-electron chi connectivity index (χ4n) is 5.13. The molecule has 0 aliphatic carbocycles. The largest absolute Gasteiger partial charge is 0.324 e. The number of carbonyl (C=O) groups is 2. The molecule has 3 amide bonds. The summed E-state index contributed by atoms with van der Waals surface area (Å²) in [7, 11) is 2.14. The van der Waals surface area contributed by atoms with Crippen LogP contribution < -0.4 is 10.6 Å². The Kier molecular flexibility index (Phi) is 7.12. The van der Waals surface area contributed by atoms with Crippen LogP contribution in [0.1, 0.15) is 23.6 Å². The lowest BCUT2D eigenvalue weighted by Gasteiger charge is -2.46. The van der Waals surface area contributed by atoms with Gasteiger partial charge < -0.3 is 15.5 Å². The van der Waals surface area contributed by atoms with E-state index in [1.807, 2.05) is 48.5 Å². The molecule has 2 unspecified atom stereocenters. The highest BCUT2D eigenvalue weighted by molar-refractivity contribution is 9.10. The maximum absolute atomic E-state index is 13.5. The van der Waals surface area contributed by atoms with E-state index in [1.165, 1.54) is 16.7 Å². The number of fused-ring (bicyclic) bond motifs is 1. The van der Waals surface area contributed by atoms with Crippen molar-refractivity contribution in [2.24, 2.45) is 5.92 Å². The summed E-state index contributed by atoms with van der Waals surface area (Å²) in [6, 6.07) is 23.4. The molecule has 1 saturated heterocycles. The van der Waals surface area contributed by atoms with Crippen LogP contribution in [0.15, 0.2) is 77.3 Å². The number of likely N-dealkylation sites (tertiary alicyclic amines) is 1. The predicted molar refractivity (Wildman–Crippen MR) is 147 cm³/mol. The molecule has 3 aromatic carbocycles. The highest BCUT2D eigenvalue weighted by atomic mass is 79.9. The monoisotopic (exact) mass is 546 g/mol. The third-order valence-corrected chi connectivity index (χ3v) is 7.87. The predicted octanol–water partition coefficient (Wildman–Crippen LogP) is 5.54. The molecule has 36 heavy (non-hydrogen) atoms. The number of urea groups is 1. The molecule has 6 nitrogen and oxygen atoms in total. The summed E-state index contributed by atoms with van der Waals surface area (Å²) in [5.74, 6) is -0.0940. The first-order chi connectivity index (χ1) is 17.4. The molecule has 2 N–H and O–H groups in total. The van der Waals surface area contributed by atoms with E-state index in [0.29, 0.717) is 18.3 Å². The van der Waals surface area contributed by atoms with Crippen LogP contribution in [0.2, 0.25) is 0 Å². The first kappa shape index (κ1) is 24.5. The van der Waals surface area contributed by atoms with Gasteiger partial charge in [0.25, 0.3) is 0 Å². The lowest BCUT2D eigenvalue weighted by atomic mass is 9.83. The number of benzene rings is 3. The number of hydrogen-bond acceptors (Lipinski definition) is 3. The molecule has 0 spiro atoms. The fraction of sp³-hybridized carbons (Fsp3) is 0.310. The van der Waals surface area contributed by atoms with Crippen molar-refractivity contribution in [3.05, 3.63) is 94.0 Å². The SMILES string of the molecule is CC1Cc2cc(NC(=O)[C@H]3C(Cc4ccccc4)CN3C(=O)Nc3ccc(Br)cc3)ccc2CN1C. The summed E-state index contributed by atoms with van der Waals surface area (Å²) < 4.78 is 0.940. The van der Waals surface area contributed by atoms with Gasteiger partial charge in [-0.25, -0.2) is 4.79 Å². The van der Waals surface area contributed by atoms with Crippen molar-refractivity contribution in [3.63, 3.8) is 0 Å². The van der Waals surface area contributed by atoms with Gasteiger partial charge in [0.1, 0.15) is 6.04 Å². The summed E-state index contributed by atoms with van der Waals surface area (Å²) in [4.78, 5) is 30.6. The van der Waals surface area contributed by atoms with E-state index in [2.05, 4.69) is 69.7 Å². The number of halogens is 1. The third kappa shape index (κ3) is 5.32. The lowest BCUT2D eigenvalue weighted by Crippen LogP contribution is -2.65. The smallest absolute Gasteiger partial charge is 0.322 e. The van der Waals surface area contributed by atoms with Crippen molar-refractivity contribution in [1.82, 2.24) is 9.80 Å². The minimum absolute atomic E-state index is 0.0503. The molecule has 5 rings (SSSR count). The Morgan fingerprint density at radius 2 is 1.67 bits per heavy atom. The van der Waals surface area contributed by atoms with Crippen LogP contribution in [0, 0.1) is 5.92 Å². The van der Waals surface area contributed by atoms with Crippen molar-refractivity contribution in [1.29, 1.82) is 0 Å². The molecular formula is C29H31BrN4O2. The first-order valence-electron chi connectivity index (χ1n) is 12.4. The molecule has 2 aliphatic heterocycles. The van der Waals surface area contributed by atoms with Gasteiger partial charge in [0.15, 0.2) is 0 Å². The summed E-state index contributed by atoms with van der Waals surface area (Å²) in [5, 5.41) is 6.05. The zero-order chi connectivity index (χ0) is 25.2. The van der Waals surface area contributed by atoms with Gasteiger partial charge in [-0.1, -0.05) is 52.3 Å². The molecule has 3 atom stereocenters. The van der Waals surface area contributed by atoms with Crippen molar-refractivity contribution < 1.29 is 9.59 Å². The average molecular weight is 547 g/mol. The van der Waals surface area contributed by atoms with E-state index < -0.39 is 6.04 Å². The van der Waals surface area contributed by atoms with Crippen molar-refractivity contribution >= 4 is 39.2 Å². The summed E-state index contributed by atoms with van der Waals surface area (Å²) in [6.45, 7) is 3.67. The Morgan fingerprint density at radius 1 is 0.944 bits per heavy atom. The van der Waals surface area contributed by atoms with Gasteiger partial charge in [0, 0.05) is 40.9 Å². The van der Waals surface area contributed by atoms with Crippen LogP contribution in [0.25, 0.3) is 0 Å². The minimum Gasteiger partial charge on any atom is -0.324 e. The number of likely N-dealkylation sites (N-methyl/N-ethyl adjacent to an activating group) is 1. The maximum Gasteiger partial charge on any atom is 0.322 e. The number of carbonyl (C=O) groups excluding carboxylic acids is 2. The lowest BCUT2D eigenvalue weighted by molar-refractivity contribution is -0.127. The zero-order valence-corrected chi connectivity index (χ0v) is 22.2. The number of rotatable bonds is 5. The van der Waals surface area contributed by atoms with Crippen molar-refractivity contribution in [2.75, 3.05) is 24.2 Å². The standard InChI is InChI=1S/C29H31BrN4O2/c1-19-14-22-16-26(11-8-21(22)17-33(19)2)31-28(35)27-23(15-20-6-4-3-5-7-20)18-34(27)29(36)32-25-12-9-24(30)10-13-25/h3-13,16,19,23,27H,14-15,17-18H2,1-2H3,(H,31,35)(H,32,36)/t19?,23?,27-/m1/s1. The zero-order valence-electron chi connectivity index (χ0n) is 20.6. The molecular weight excluding hydrogens is 516 g/mol. The minimum atomic E-state index is -0.540. The number of nitrogens with zero attached hydrogens (tertiary/aromatic N) is 2. The number of anilines is 2. The van der Waals surface area contributed by atoms with Gasteiger partial charge in [-0.2, -0.15) is 0 Å². The van der Waals surface area contributed by atoms with Gasteiger partial charge in [0.05, 0.1) is 0 Å². The van der Waals surface area contributed by atoms with Crippen LogP contribution in [0.5, 0.6) is 0 Å². The van der Waals surface area contributed by atoms with Crippen LogP contribution in [0.4, 0.5) is 16.2 Å². The Hall–Kier alpha value is -3.16. The maximum atomic E-state index is 13.5. The molecule has 3 aromatic rings. The van der Waals surface area contributed by atoms with Gasteiger partial charge in [-0.3, -0.25) is 9.69 Å². The van der Waals surface area contributed by atoms with Crippen molar-refractivity contribution in [3.8, 4) is 0 Å². The summed E-state index contributed by atoms with van der Waals surface area (Å²) >= 11 is 3.42. The topological polar surface area (TPSA) is 64.7 Å². The molecule has 2 heterocycles. The molecule has 2 aliphatic rings. The van der Waals surface area contributed by atoms with E-state index in [0.717, 1.165) is 29.5 Å². The Bertz CT molecular complexity index is 1250.